The highest BCUT2D eigenvalue weighted by molar-refractivity contribution is 5.51. The van der Waals surface area contributed by atoms with E-state index in [0.29, 0.717) is 6.07 Å². The molecule has 3 nitrogen and oxygen atoms in total. The number of nitrogens with zero attached hydrogens (tertiary/aromatic N) is 2. The summed E-state index contributed by atoms with van der Waals surface area (Å²) in [6, 6.07) is 0.703. The third-order valence-electron chi connectivity index (χ3n) is 2.66. The van der Waals surface area contributed by atoms with Crippen LogP contribution >= 0.6 is 0 Å². The fraction of sp³-hybridized carbons (Fsp3) is 0.583. The molecule has 0 fully saturated rings. The molecule has 0 aromatic carbocycles. The molecule has 0 aliphatic carbocycles. The van der Waals surface area contributed by atoms with Crippen LogP contribution in [-0.4, -0.2) is 30.8 Å². The van der Waals surface area contributed by atoms with E-state index in [-0.39, 0.29) is 11.6 Å². The number of hydrogen-bond donors (Lipinski definition) is 1. The molecule has 0 spiro atoms. The van der Waals surface area contributed by atoms with Crippen molar-refractivity contribution >= 4 is 11.6 Å². The minimum absolute atomic E-state index is 0.146. The molecule has 1 N–H and O–H groups in total. The van der Waals surface area contributed by atoms with Crippen LogP contribution in [0, 0.1) is 0 Å². The summed E-state index contributed by atoms with van der Waals surface area (Å²) < 4.78 is 76.1. The first kappa shape index (κ1) is 17.4. The zero-order chi connectivity index (χ0) is 16.4. The molecular weight excluding hydrogens is 300 g/mol. The Morgan fingerprint density at radius 2 is 1.71 bits per heavy atom. The van der Waals surface area contributed by atoms with Crippen molar-refractivity contribution in [1.82, 2.24) is 4.98 Å². The van der Waals surface area contributed by atoms with Crippen LogP contribution in [-0.2, 0) is 6.18 Å². The average molecular weight is 315 g/mol. The van der Waals surface area contributed by atoms with Crippen molar-refractivity contribution in [1.29, 1.82) is 0 Å². The van der Waals surface area contributed by atoms with Crippen LogP contribution in [0.4, 0.5) is 38.0 Å². The first-order chi connectivity index (χ1) is 9.44. The standard InChI is InChI=1S/C12H15F6N3/c1-7(2)21(6-11(13,14)15)10-5-8(12(16,17)18)4-9(19-3)20-10/h4-5,7H,6H2,1-3H3,(H,19,20). The average Bonchev–Trinajstić information content (AvgIpc) is 2.33. The number of pyridine rings is 1. The molecule has 0 saturated heterocycles. The maximum atomic E-state index is 12.8. The van der Waals surface area contributed by atoms with Crippen LogP contribution in [0.25, 0.3) is 0 Å². The number of aromatic nitrogens is 1. The van der Waals surface area contributed by atoms with Gasteiger partial charge in [-0.2, -0.15) is 26.3 Å². The van der Waals surface area contributed by atoms with Crippen molar-refractivity contribution in [2.24, 2.45) is 0 Å². The number of halogens is 6. The summed E-state index contributed by atoms with van der Waals surface area (Å²) in [4.78, 5) is 4.56. The highest BCUT2D eigenvalue weighted by atomic mass is 19.4. The molecule has 0 aliphatic heterocycles. The summed E-state index contributed by atoms with van der Waals surface area (Å²) >= 11 is 0. The predicted molar refractivity (Wildman–Crippen MR) is 67.3 cm³/mol. The summed E-state index contributed by atoms with van der Waals surface area (Å²) in [6.45, 7) is 1.53. The van der Waals surface area contributed by atoms with Gasteiger partial charge in [-0.1, -0.05) is 0 Å². The number of rotatable bonds is 4. The predicted octanol–water partition coefficient (Wildman–Crippen LogP) is 3.92. The Bertz CT molecular complexity index is 481. The Balaban J connectivity index is 3.31. The van der Waals surface area contributed by atoms with E-state index >= 15 is 0 Å². The summed E-state index contributed by atoms with van der Waals surface area (Å²) in [5.41, 5.74) is -1.05. The molecular formula is C12H15F6N3. The van der Waals surface area contributed by atoms with Crippen molar-refractivity contribution in [3.05, 3.63) is 17.7 Å². The Morgan fingerprint density at radius 3 is 2.10 bits per heavy atom. The Hall–Kier alpha value is -1.67. The molecule has 0 bridgehead atoms. The minimum Gasteiger partial charge on any atom is -0.373 e. The fourth-order valence-corrected chi connectivity index (χ4v) is 1.68. The minimum atomic E-state index is -4.66. The van der Waals surface area contributed by atoms with Gasteiger partial charge in [-0.3, -0.25) is 0 Å². The van der Waals surface area contributed by atoms with Gasteiger partial charge in [0.2, 0.25) is 0 Å². The number of hydrogen-bond acceptors (Lipinski definition) is 3. The van der Waals surface area contributed by atoms with Gasteiger partial charge in [0.1, 0.15) is 18.2 Å². The lowest BCUT2D eigenvalue weighted by molar-refractivity contribution is -0.137. The third-order valence-corrected chi connectivity index (χ3v) is 2.66. The molecule has 1 aromatic heterocycles. The second-order valence-electron chi connectivity index (χ2n) is 4.68. The van der Waals surface area contributed by atoms with E-state index in [1.165, 1.54) is 20.9 Å². The van der Waals surface area contributed by atoms with Gasteiger partial charge in [0.25, 0.3) is 0 Å². The van der Waals surface area contributed by atoms with E-state index in [2.05, 4.69) is 10.3 Å². The molecule has 1 aromatic rings. The molecule has 0 aliphatic rings. The fourth-order valence-electron chi connectivity index (χ4n) is 1.68. The van der Waals surface area contributed by atoms with Crippen LogP contribution in [0.15, 0.2) is 12.1 Å². The van der Waals surface area contributed by atoms with E-state index in [1.807, 2.05) is 0 Å². The highest BCUT2D eigenvalue weighted by Gasteiger charge is 2.35. The summed E-state index contributed by atoms with van der Waals surface area (Å²) in [5.74, 6) is -0.519. The van der Waals surface area contributed by atoms with E-state index in [1.54, 1.807) is 0 Å². The van der Waals surface area contributed by atoms with Gasteiger partial charge in [-0.25, -0.2) is 4.98 Å². The van der Waals surface area contributed by atoms with Gasteiger partial charge in [0, 0.05) is 13.1 Å². The second kappa shape index (κ2) is 5.98. The van der Waals surface area contributed by atoms with Crippen molar-refractivity contribution < 1.29 is 26.3 Å². The van der Waals surface area contributed by atoms with Gasteiger partial charge in [0.05, 0.1) is 5.56 Å². The van der Waals surface area contributed by atoms with E-state index in [4.69, 9.17) is 0 Å². The smallest absolute Gasteiger partial charge is 0.373 e. The van der Waals surface area contributed by atoms with Crippen molar-refractivity contribution in [2.75, 3.05) is 23.8 Å². The summed E-state index contributed by atoms with van der Waals surface area (Å²) in [5, 5.41) is 2.42. The van der Waals surface area contributed by atoms with Crippen LogP contribution in [0.1, 0.15) is 19.4 Å². The van der Waals surface area contributed by atoms with Gasteiger partial charge in [-0.05, 0) is 26.0 Å². The quantitative estimate of drug-likeness (QED) is 0.854. The molecule has 1 rings (SSSR count). The molecule has 120 valence electrons. The first-order valence-electron chi connectivity index (χ1n) is 6.04. The van der Waals surface area contributed by atoms with Crippen LogP contribution in [0.5, 0.6) is 0 Å². The normalized spacial score (nSPS) is 12.7. The largest absolute Gasteiger partial charge is 0.416 e. The molecule has 1 heterocycles. The Labute approximate surface area is 118 Å². The lowest BCUT2D eigenvalue weighted by Gasteiger charge is -2.29. The summed E-state index contributed by atoms with van der Waals surface area (Å²) in [6.07, 6.45) is -9.20. The molecule has 0 saturated carbocycles. The SMILES string of the molecule is CNc1cc(C(F)(F)F)cc(N(CC(F)(F)F)C(C)C)n1. The number of anilines is 2. The molecule has 0 amide bonds. The third kappa shape index (κ3) is 4.98. The van der Waals surface area contributed by atoms with Crippen molar-refractivity contribution in [3.63, 3.8) is 0 Å². The number of nitrogens with one attached hydrogen (secondary N) is 1. The maximum absolute atomic E-state index is 12.8. The lowest BCUT2D eigenvalue weighted by Crippen LogP contribution is -2.39. The zero-order valence-electron chi connectivity index (χ0n) is 11.6. The van der Waals surface area contributed by atoms with Crippen LogP contribution in [0.2, 0.25) is 0 Å². The number of alkyl halides is 6. The molecule has 0 atom stereocenters. The highest BCUT2D eigenvalue weighted by Crippen LogP contribution is 2.34. The van der Waals surface area contributed by atoms with Gasteiger partial charge >= 0.3 is 12.4 Å². The molecule has 0 unspecified atom stereocenters. The van der Waals surface area contributed by atoms with Crippen LogP contribution in [0.3, 0.4) is 0 Å². The lowest BCUT2D eigenvalue weighted by atomic mass is 10.2. The Kier molecular flexibility index (Phi) is 4.95. The van der Waals surface area contributed by atoms with E-state index in [0.717, 1.165) is 11.0 Å². The Morgan fingerprint density at radius 1 is 1.14 bits per heavy atom. The summed E-state index contributed by atoms with van der Waals surface area (Å²) in [7, 11) is 1.34. The maximum Gasteiger partial charge on any atom is 0.416 e. The molecule has 0 radical (unpaired) electrons. The monoisotopic (exact) mass is 315 g/mol. The van der Waals surface area contributed by atoms with Gasteiger partial charge in [0.15, 0.2) is 0 Å². The molecule has 9 heteroatoms. The molecule has 21 heavy (non-hydrogen) atoms. The van der Waals surface area contributed by atoms with Crippen LogP contribution < -0.4 is 10.2 Å². The van der Waals surface area contributed by atoms with Crippen molar-refractivity contribution in [2.45, 2.75) is 32.2 Å². The topological polar surface area (TPSA) is 28.2 Å². The van der Waals surface area contributed by atoms with E-state index in [9.17, 15) is 26.3 Å². The van der Waals surface area contributed by atoms with E-state index < -0.39 is 30.5 Å². The van der Waals surface area contributed by atoms with Crippen molar-refractivity contribution in [3.8, 4) is 0 Å². The van der Waals surface area contributed by atoms with Gasteiger partial charge < -0.3 is 10.2 Å². The zero-order valence-corrected chi connectivity index (χ0v) is 11.6. The van der Waals surface area contributed by atoms with Gasteiger partial charge in [-0.15, -0.1) is 0 Å². The first-order valence-corrected chi connectivity index (χ1v) is 6.04. The second-order valence-corrected chi connectivity index (χ2v) is 4.68.